The Morgan fingerprint density at radius 1 is 0.408 bits per heavy atom. The zero-order chi connectivity index (χ0) is 53.8. The minimum atomic E-state index is -0.0595. The molecule has 0 spiro atoms. The Kier molecular flexibility index (Phi) is 11.1. The van der Waals surface area contributed by atoms with Gasteiger partial charge in [0.05, 0.1) is 5.69 Å². The lowest BCUT2D eigenvalue weighted by Crippen LogP contribution is -2.61. The highest BCUT2D eigenvalue weighted by Gasteiger charge is 2.49. The molecule has 0 radical (unpaired) electrons. The smallest absolute Gasteiger partial charge is 0.252 e. The molecule has 4 heteroatoms. The van der Waals surface area contributed by atoms with Gasteiger partial charge < -0.3 is 14.7 Å². The summed E-state index contributed by atoms with van der Waals surface area (Å²) in [5.41, 5.74) is 28.7. The number of para-hydroxylation sites is 2. The summed E-state index contributed by atoms with van der Waals surface area (Å²) in [5.74, 6) is 0. The Balaban J connectivity index is 1.20. The first-order valence-corrected chi connectivity index (χ1v) is 28.1. The van der Waals surface area contributed by atoms with Gasteiger partial charge in [0, 0.05) is 51.1 Å². The zero-order valence-corrected chi connectivity index (χ0v) is 48.3. The van der Waals surface area contributed by atoms with Crippen molar-refractivity contribution in [3.05, 3.63) is 202 Å². The van der Waals surface area contributed by atoms with Gasteiger partial charge in [-0.05, 0) is 205 Å². The number of hydrogen-bond donors (Lipinski definition) is 0. The molecule has 384 valence electrons. The monoisotopic (exact) mass is 996 g/mol. The van der Waals surface area contributed by atoms with Crippen molar-refractivity contribution in [2.75, 3.05) is 14.7 Å². The standard InChI is InChI=1S/C72H78BN3/c1-45-35-64-66-65(36-45)76(61-33-29-49(68(6,7)8)39-53(61)47-27-31-54-55(38-47)70(11,12)43-69(54,9)10)63-42-57-56(71(13,14)44-72(57,15)16)41-59(63)73(66)58-40-52(74(50-23-19-17-20-24-50)51-25-21-18-22-26-51)30-34-62(58)75(64)60-32-28-48(37-46(60)2)67(3,4)5/h17-42H,43-44H2,1-16H3. The van der Waals surface area contributed by atoms with Crippen molar-refractivity contribution in [1.29, 1.82) is 0 Å². The fraction of sp³-hybridized carbons (Fsp3) is 0.333. The van der Waals surface area contributed by atoms with E-state index in [1.165, 1.54) is 106 Å². The molecule has 2 aliphatic carbocycles. The molecule has 4 aliphatic rings. The highest BCUT2D eigenvalue weighted by Crippen LogP contribution is 2.56. The molecule has 0 aromatic heterocycles. The minimum Gasteiger partial charge on any atom is -0.311 e. The quantitative estimate of drug-likeness (QED) is 0.154. The van der Waals surface area contributed by atoms with Gasteiger partial charge in [-0.1, -0.05) is 176 Å². The van der Waals surface area contributed by atoms with Gasteiger partial charge in [-0.15, -0.1) is 0 Å². The van der Waals surface area contributed by atoms with E-state index < -0.39 is 0 Å². The molecule has 3 nitrogen and oxygen atoms in total. The first-order chi connectivity index (χ1) is 35.7. The van der Waals surface area contributed by atoms with Crippen LogP contribution in [-0.4, -0.2) is 6.71 Å². The first kappa shape index (κ1) is 50.1. The molecule has 76 heavy (non-hydrogen) atoms. The van der Waals surface area contributed by atoms with Crippen LogP contribution >= 0.6 is 0 Å². The van der Waals surface area contributed by atoms with Gasteiger partial charge in [0.15, 0.2) is 0 Å². The van der Waals surface area contributed by atoms with Crippen LogP contribution in [0.4, 0.5) is 51.2 Å². The molecule has 8 aromatic carbocycles. The van der Waals surface area contributed by atoms with Crippen LogP contribution in [0.3, 0.4) is 0 Å². The maximum atomic E-state index is 2.71. The number of anilines is 9. The molecule has 2 aliphatic heterocycles. The molecule has 0 atom stereocenters. The number of nitrogens with zero attached hydrogens (tertiary/aromatic N) is 3. The molecule has 0 fully saturated rings. The van der Waals surface area contributed by atoms with Crippen LogP contribution in [0, 0.1) is 13.8 Å². The molecule has 12 rings (SSSR count). The van der Waals surface area contributed by atoms with E-state index >= 15 is 0 Å². The van der Waals surface area contributed by atoms with Crippen molar-refractivity contribution < 1.29 is 0 Å². The fourth-order valence-electron chi connectivity index (χ4n) is 14.8. The van der Waals surface area contributed by atoms with Crippen molar-refractivity contribution in [2.45, 2.75) is 156 Å². The summed E-state index contributed by atoms with van der Waals surface area (Å²) in [6.07, 6.45) is 2.22. The van der Waals surface area contributed by atoms with Crippen LogP contribution in [0.15, 0.2) is 158 Å². The normalized spacial score (nSPS) is 17.2. The Hall–Kier alpha value is -6.78. The highest BCUT2D eigenvalue weighted by atomic mass is 15.2. The van der Waals surface area contributed by atoms with Gasteiger partial charge in [-0.25, -0.2) is 0 Å². The summed E-state index contributed by atoms with van der Waals surface area (Å²) in [7, 11) is 0. The summed E-state index contributed by atoms with van der Waals surface area (Å²) >= 11 is 0. The molecule has 0 saturated carbocycles. The van der Waals surface area contributed by atoms with E-state index in [4.69, 9.17) is 0 Å². The predicted molar refractivity (Wildman–Crippen MR) is 329 cm³/mol. The van der Waals surface area contributed by atoms with Crippen molar-refractivity contribution in [3.63, 3.8) is 0 Å². The van der Waals surface area contributed by atoms with E-state index in [1.807, 2.05) is 0 Å². The van der Waals surface area contributed by atoms with Crippen LogP contribution in [0.5, 0.6) is 0 Å². The summed E-state index contributed by atoms with van der Waals surface area (Å²) in [6, 6.07) is 61.5. The molecular formula is C72H78BN3. The van der Waals surface area contributed by atoms with E-state index in [-0.39, 0.29) is 39.2 Å². The lowest BCUT2D eigenvalue weighted by molar-refractivity contribution is 0.403. The summed E-state index contributed by atoms with van der Waals surface area (Å²) in [5, 5.41) is 0. The SMILES string of the molecule is Cc1cc2c3c(c1)N(c1ccc(C(C)(C)C)cc1-c1ccc4c(c1)C(C)(C)CC4(C)C)c1cc4c(cc1B3c1cc(N(c3ccccc3)c3ccccc3)ccc1N2c1ccc(C(C)(C)C)cc1C)C(C)(C)CC4(C)C. The number of benzene rings is 8. The maximum Gasteiger partial charge on any atom is 0.252 e. The number of hydrogen-bond acceptors (Lipinski definition) is 3. The molecule has 0 bridgehead atoms. The molecule has 0 unspecified atom stereocenters. The Labute approximate surface area is 456 Å². The van der Waals surface area contributed by atoms with Crippen molar-refractivity contribution >= 4 is 74.3 Å². The van der Waals surface area contributed by atoms with Crippen LogP contribution < -0.4 is 31.1 Å². The van der Waals surface area contributed by atoms with E-state index in [0.29, 0.717) is 0 Å². The Morgan fingerprint density at radius 3 is 1.46 bits per heavy atom. The number of fused-ring (bicyclic) bond motifs is 6. The predicted octanol–water partition coefficient (Wildman–Crippen LogP) is 18.0. The summed E-state index contributed by atoms with van der Waals surface area (Å²) in [6.45, 7) is 38.3. The van der Waals surface area contributed by atoms with E-state index in [1.54, 1.807) is 0 Å². The number of rotatable bonds is 6. The largest absolute Gasteiger partial charge is 0.311 e. The van der Waals surface area contributed by atoms with E-state index in [0.717, 1.165) is 29.9 Å². The van der Waals surface area contributed by atoms with E-state index in [9.17, 15) is 0 Å². The van der Waals surface area contributed by atoms with Crippen molar-refractivity contribution in [3.8, 4) is 11.1 Å². The third-order valence-corrected chi connectivity index (χ3v) is 18.0. The van der Waals surface area contributed by atoms with E-state index in [2.05, 4.69) is 283 Å². The van der Waals surface area contributed by atoms with Gasteiger partial charge in [0.25, 0.3) is 6.71 Å². The third kappa shape index (κ3) is 7.90. The second-order valence-electron chi connectivity index (χ2n) is 27.9. The fourth-order valence-corrected chi connectivity index (χ4v) is 14.8. The lowest BCUT2D eigenvalue weighted by Gasteiger charge is -2.46. The van der Waals surface area contributed by atoms with Crippen LogP contribution in [0.1, 0.15) is 154 Å². The average molecular weight is 996 g/mol. The van der Waals surface area contributed by atoms with Gasteiger partial charge in [0.1, 0.15) is 0 Å². The second-order valence-corrected chi connectivity index (χ2v) is 27.9. The van der Waals surface area contributed by atoms with Crippen LogP contribution in [-0.2, 0) is 32.5 Å². The van der Waals surface area contributed by atoms with Crippen molar-refractivity contribution in [2.24, 2.45) is 0 Å². The van der Waals surface area contributed by atoms with Crippen LogP contribution in [0.2, 0.25) is 0 Å². The summed E-state index contributed by atoms with van der Waals surface area (Å²) < 4.78 is 0. The topological polar surface area (TPSA) is 9.72 Å². The van der Waals surface area contributed by atoms with Gasteiger partial charge >= 0.3 is 0 Å². The van der Waals surface area contributed by atoms with Gasteiger partial charge in [-0.3, -0.25) is 0 Å². The zero-order valence-electron chi connectivity index (χ0n) is 48.3. The highest BCUT2D eigenvalue weighted by molar-refractivity contribution is 7.00. The first-order valence-electron chi connectivity index (χ1n) is 28.1. The molecule has 0 amide bonds. The van der Waals surface area contributed by atoms with Crippen LogP contribution in [0.25, 0.3) is 11.1 Å². The lowest BCUT2D eigenvalue weighted by atomic mass is 9.33. The molecule has 2 heterocycles. The van der Waals surface area contributed by atoms with Crippen molar-refractivity contribution in [1.82, 2.24) is 0 Å². The molecule has 0 saturated heterocycles. The molecular weight excluding hydrogens is 918 g/mol. The molecule has 0 N–H and O–H groups in total. The second kappa shape index (κ2) is 16.9. The van der Waals surface area contributed by atoms with Gasteiger partial charge in [0.2, 0.25) is 0 Å². The number of aryl methyl sites for hydroxylation is 2. The Bertz CT molecular complexity index is 3620. The average Bonchev–Trinajstić information content (AvgIpc) is 3.80. The minimum absolute atomic E-state index is 0.00565. The molecule has 8 aromatic rings. The maximum absolute atomic E-state index is 2.71. The summed E-state index contributed by atoms with van der Waals surface area (Å²) in [4.78, 5) is 7.77. The Morgan fingerprint density at radius 2 is 0.895 bits per heavy atom. The third-order valence-electron chi connectivity index (χ3n) is 18.0. The van der Waals surface area contributed by atoms with Gasteiger partial charge in [-0.2, -0.15) is 0 Å².